The standard InChI is InChI=1S/C40H60O11S2/c1-24(2)13-27-5-4-10-40(27)11-8-29(20-40)51-35-17-26-6-7-28(49-22-42)18-32(44)31(14-25-15-36(48-3)39(47)37(16-25)50-23-43)34(46)21-52-53-38(9-12-41)30(26)19-33(35)45/h15-17,19,24,27-29,31-32,34,38,41-47H,4-14,18,20-23H2,1-3H3/t27-,28+,29-,31+,32-,34+,38+,40-/m1/s1. The lowest BCUT2D eigenvalue weighted by Crippen LogP contribution is -2.38. The maximum absolute atomic E-state index is 11.7. The fourth-order valence-corrected chi connectivity index (χ4v) is 12.0. The molecule has 0 amide bonds. The van der Waals surface area contributed by atoms with Gasteiger partial charge in [0.15, 0.2) is 29.8 Å². The number of benzene rings is 2. The highest BCUT2D eigenvalue weighted by Crippen LogP contribution is 2.57. The van der Waals surface area contributed by atoms with Gasteiger partial charge in [0.05, 0.1) is 31.5 Å². The minimum atomic E-state index is -1.04. The van der Waals surface area contributed by atoms with Crippen molar-refractivity contribution in [1.82, 2.24) is 0 Å². The third-order valence-electron chi connectivity index (χ3n) is 11.7. The molecule has 3 aliphatic rings. The number of fused-ring (bicyclic) bond motifs is 1. The molecule has 2 aromatic rings. The number of aromatic hydroxyl groups is 2. The summed E-state index contributed by atoms with van der Waals surface area (Å²) >= 11 is 0. The molecule has 13 heteroatoms. The van der Waals surface area contributed by atoms with Gasteiger partial charge in [0.2, 0.25) is 5.75 Å². The maximum atomic E-state index is 11.7. The SMILES string of the molecule is COc1cc(C[C@H]2[C@H](O)C[C@@H](OCO)CCc3cc(O[C@@H]4CC[C@]5(CCC[C@@H]5CC(C)C)C4)c(O)cc3[C@H](CCO)SSC[C@@H]2O)cc(OCO)c1O. The molecule has 0 radical (unpaired) electrons. The van der Waals surface area contributed by atoms with Gasteiger partial charge in [0.25, 0.3) is 0 Å². The average molecular weight is 781 g/mol. The monoisotopic (exact) mass is 780 g/mol. The summed E-state index contributed by atoms with van der Waals surface area (Å²) in [5.74, 6) is 1.36. The summed E-state index contributed by atoms with van der Waals surface area (Å²) in [5.41, 5.74) is 2.75. The van der Waals surface area contributed by atoms with Crippen LogP contribution in [0.2, 0.25) is 0 Å². The van der Waals surface area contributed by atoms with Crippen molar-refractivity contribution in [2.24, 2.45) is 23.2 Å². The van der Waals surface area contributed by atoms with E-state index in [2.05, 4.69) is 13.8 Å². The van der Waals surface area contributed by atoms with E-state index in [9.17, 15) is 35.7 Å². The van der Waals surface area contributed by atoms with E-state index in [4.69, 9.17) is 18.9 Å². The first-order chi connectivity index (χ1) is 25.5. The molecule has 0 saturated heterocycles. The Morgan fingerprint density at radius 3 is 2.42 bits per heavy atom. The zero-order chi connectivity index (χ0) is 38.1. The number of phenols is 2. The summed E-state index contributed by atoms with van der Waals surface area (Å²) in [6.07, 6.45) is 7.29. The van der Waals surface area contributed by atoms with Gasteiger partial charge in [-0.3, -0.25) is 0 Å². The Morgan fingerprint density at radius 2 is 1.70 bits per heavy atom. The number of aryl methyl sites for hydroxylation is 1. The molecule has 298 valence electrons. The zero-order valence-corrected chi connectivity index (χ0v) is 33.0. The van der Waals surface area contributed by atoms with Crippen molar-refractivity contribution in [2.75, 3.05) is 33.1 Å². The Morgan fingerprint density at radius 1 is 0.906 bits per heavy atom. The van der Waals surface area contributed by atoms with E-state index in [0.29, 0.717) is 41.9 Å². The van der Waals surface area contributed by atoms with Crippen LogP contribution in [0.15, 0.2) is 24.3 Å². The molecule has 2 fully saturated rings. The van der Waals surface area contributed by atoms with Crippen LogP contribution in [0.4, 0.5) is 0 Å². The van der Waals surface area contributed by atoms with E-state index in [0.717, 1.165) is 36.3 Å². The summed E-state index contributed by atoms with van der Waals surface area (Å²) in [5, 5.41) is 74.1. The molecule has 7 N–H and O–H groups in total. The molecule has 53 heavy (non-hydrogen) atoms. The number of phenolic OH excluding ortho intramolecular Hbond substituents is 2. The quantitative estimate of drug-likeness (QED) is 0.0897. The number of hydrogen-bond donors (Lipinski definition) is 7. The molecule has 1 aliphatic heterocycles. The zero-order valence-electron chi connectivity index (χ0n) is 31.3. The van der Waals surface area contributed by atoms with Gasteiger partial charge in [0, 0.05) is 23.5 Å². The topological polar surface area (TPSA) is 179 Å². The van der Waals surface area contributed by atoms with Crippen LogP contribution in [0.5, 0.6) is 28.7 Å². The van der Waals surface area contributed by atoms with E-state index < -0.39 is 37.8 Å². The molecule has 0 bridgehead atoms. The molecular formula is C40H60O11S2. The number of hydrogen-bond acceptors (Lipinski definition) is 13. The van der Waals surface area contributed by atoms with Crippen molar-refractivity contribution < 1.29 is 54.7 Å². The smallest absolute Gasteiger partial charge is 0.200 e. The van der Waals surface area contributed by atoms with Crippen molar-refractivity contribution in [3.8, 4) is 28.7 Å². The Hall–Kier alpha value is -2.10. The first-order valence-corrected chi connectivity index (χ1v) is 21.5. The van der Waals surface area contributed by atoms with Crippen molar-refractivity contribution in [3.05, 3.63) is 41.0 Å². The number of aliphatic hydroxyl groups excluding tert-OH is 5. The van der Waals surface area contributed by atoms with Crippen LogP contribution in [0.1, 0.15) is 100.0 Å². The number of ether oxygens (including phenoxy) is 4. The molecule has 5 rings (SSSR count). The second kappa shape index (κ2) is 19.7. The van der Waals surface area contributed by atoms with Crippen LogP contribution in [0.25, 0.3) is 0 Å². The predicted molar refractivity (Wildman–Crippen MR) is 207 cm³/mol. The number of methoxy groups -OCH3 is 1. The van der Waals surface area contributed by atoms with Crippen molar-refractivity contribution in [3.63, 3.8) is 0 Å². The van der Waals surface area contributed by atoms with Crippen LogP contribution in [0.3, 0.4) is 0 Å². The van der Waals surface area contributed by atoms with Crippen LogP contribution in [-0.2, 0) is 17.6 Å². The van der Waals surface area contributed by atoms with Gasteiger partial charge in [-0.25, -0.2) is 0 Å². The van der Waals surface area contributed by atoms with Gasteiger partial charge in [-0.1, -0.05) is 41.9 Å². The van der Waals surface area contributed by atoms with Gasteiger partial charge >= 0.3 is 0 Å². The Bertz CT molecular complexity index is 1460. The highest BCUT2D eigenvalue weighted by atomic mass is 33.1. The highest BCUT2D eigenvalue weighted by molar-refractivity contribution is 8.76. The van der Waals surface area contributed by atoms with Gasteiger partial charge < -0.3 is 54.7 Å². The minimum Gasteiger partial charge on any atom is -0.504 e. The minimum absolute atomic E-state index is 0.0133. The molecule has 1 heterocycles. The van der Waals surface area contributed by atoms with Crippen LogP contribution >= 0.6 is 21.6 Å². The fraction of sp³-hybridized carbons (Fsp3) is 0.700. The van der Waals surface area contributed by atoms with Crippen LogP contribution in [0, 0.1) is 23.2 Å². The van der Waals surface area contributed by atoms with E-state index in [1.807, 2.05) is 6.07 Å². The predicted octanol–water partition coefficient (Wildman–Crippen LogP) is 6.26. The largest absolute Gasteiger partial charge is 0.504 e. The third kappa shape index (κ3) is 10.6. The van der Waals surface area contributed by atoms with Gasteiger partial charge in [0.1, 0.15) is 6.79 Å². The van der Waals surface area contributed by atoms with Gasteiger partial charge in [-0.15, -0.1) is 0 Å². The molecular weight excluding hydrogens is 721 g/mol. The normalized spacial score (nSPS) is 29.7. The highest BCUT2D eigenvalue weighted by Gasteiger charge is 2.48. The molecule has 2 aromatic carbocycles. The molecule has 11 nitrogen and oxygen atoms in total. The summed E-state index contributed by atoms with van der Waals surface area (Å²) in [7, 11) is 4.34. The Kier molecular flexibility index (Phi) is 15.6. The van der Waals surface area contributed by atoms with Crippen LogP contribution < -0.4 is 14.2 Å². The molecule has 1 spiro atoms. The second-order valence-electron chi connectivity index (χ2n) is 15.6. The maximum Gasteiger partial charge on any atom is 0.200 e. The molecule has 2 aliphatic carbocycles. The average Bonchev–Trinajstić information content (AvgIpc) is 3.72. The van der Waals surface area contributed by atoms with E-state index in [-0.39, 0.29) is 59.6 Å². The van der Waals surface area contributed by atoms with Crippen molar-refractivity contribution in [1.29, 1.82) is 0 Å². The van der Waals surface area contributed by atoms with Gasteiger partial charge in [-0.2, -0.15) is 0 Å². The molecule has 0 aromatic heterocycles. The first kappa shape index (κ1) is 42.1. The fourth-order valence-electron chi connectivity index (χ4n) is 9.08. The third-order valence-corrected chi connectivity index (χ3v) is 14.5. The summed E-state index contributed by atoms with van der Waals surface area (Å²) < 4.78 is 22.9. The summed E-state index contributed by atoms with van der Waals surface area (Å²) in [6, 6.07) is 6.84. The van der Waals surface area contributed by atoms with E-state index in [1.54, 1.807) is 18.2 Å². The first-order valence-electron chi connectivity index (χ1n) is 19.1. The Balaban J connectivity index is 1.39. The summed E-state index contributed by atoms with van der Waals surface area (Å²) in [4.78, 5) is 0. The summed E-state index contributed by atoms with van der Waals surface area (Å²) in [6.45, 7) is 3.34. The van der Waals surface area contributed by atoms with Crippen LogP contribution in [-0.4, -0.2) is 93.2 Å². The van der Waals surface area contributed by atoms with Crippen molar-refractivity contribution in [2.45, 2.75) is 121 Å². The number of rotatable bonds is 13. The second-order valence-corrected chi connectivity index (χ2v) is 18.2. The van der Waals surface area contributed by atoms with E-state index in [1.165, 1.54) is 54.4 Å². The molecule has 0 unspecified atom stereocenters. The Labute approximate surface area is 321 Å². The van der Waals surface area contributed by atoms with Gasteiger partial charge in [-0.05, 0) is 129 Å². The lowest BCUT2D eigenvalue weighted by atomic mass is 9.73. The van der Waals surface area contributed by atoms with Crippen molar-refractivity contribution >= 4 is 21.6 Å². The van der Waals surface area contributed by atoms with E-state index >= 15 is 0 Å². The lowest BCUT2D eigenvalue weighted by molar-refractivity contribution is -0.0808. The number of aliphatic hydroxyl groups is 5. The molecule has 2 saturated carbocycles. The molecule has 8 atom stereocenters. The lowest BCUT2D eigenvalue weighted by Gasteiger charge is -2.33.